The number of imidazole rings is 1. The van der Waals surface area contributed by atoms with Gasteiger partial charge in [0.1, 0.15) is 12.4 Å². The van der Waals surface area contributed by atoms with Crippen LogP contribution in [0.15, 0.2) is 65.8 Å². The minimum absolute atomic E-state index is 0. The van der Waals surface area contributed by atoms with Gasteiger partial charge in [-0.15, -0.1) is 24.0 Å². The van der Waals surface area contributed by atoms with Gasteiger partial charge in [0.2, 0.25) is 0 Å². The summed E-state index contributed by atoms with van der Waals surface area (Å²) in [6.07, 6.45) is -2.51. The Balaban J connectivity index is 0.00000385. The van der Waals surface area contributed by atoms with Gasteiger partial charge in [-0.25, -0.2) is 9.98 Å². The maximum atomic E-state index is 12.2. The Hall–Kier alpha value is -2.60. The van der Waals surface area contributed by atoms with Gasteiger partial charge in [0.15, 0.2) is 5.96 Å². The summed E-state index contributed by atoms with van der Waals surface area (Å²) in [6, 6.07) is 17.1. The molecular weight excluding hydrogens is 546 g/mol. The summed E-state index contributed by atoms with van der Waals surface area (Å²) in [5, 5.41) is 6.43. The van der Waals surface area contributed by atoms with Crippen LogP contribution in [-0.4, -0.2) is 35.3 Å². The number of alkyl halides is 3. The van der Waals surface area contributed by atoms with E-state index >= 15 is 0 Å². The Kier molecular flexibility index (Phi) is 10.7. The van der Waals surface area contributed by atoms with E-state index in [9.17, 15) is 13.2 Å². The molecule has 1 heterocycles. The Labute approximate surface area is 208 Å². The van der Waals surface area contributed by atoms with Gasteiger partial charge in [0.05, 0.1) is 31.6 Å². The molecule has 3 rings (SSSR count). The number of H-pyrrole nitrogens is 1. The fraction of sp³-hybridized carbons (Fsp3) is 0.304. The molecule has 0 bridgehead atoms. The number of aliphatic imine (C=N–C) groups is 1. The summed E-state index contributed by atoms with van der Waals surface area (Å²) in [5.41, 5.74) is 3.63. The van der Waals surface area contributed by atoms with Crippen molar-refractivity contribution >= 4 is 29.9 Å². The lowest BCUT2D eigenvalue weighted by atomic mass is 10.1. The third-order valence-corrected chi connectivity index (χ3v) is 4.46. The van der Waals surface area contributed by atoms with Crippen LogP contribution in [0.25, 0.3) is 11.3 Å². The van der Waals surface area contributed by atoms with E-state index in [1.165, 1.54) is 0 Å². The first kappa shape index (κ1) is 26.7. The molecule has 0 aliphatic heterocycles. The van der Waals surface area contributed by atoms with Crippen LogP contribution in [0.1, 0.15) is 23.9 Å². The summed E-state index contributed by atoms with van der Waals surface area (Å²) in [5.74, 6) is 1.43. The fourth-order valence-corrected chi connectivity index (χ4v) is 2.92. The maximum absolute atomic E-state index is 12.2. The molecule has 0 spiro atoms. The van der Waals surface area contributed by atoms with E-state index in [2.05, 4.69) is 30.3 Å². The van der Waals surface area contributed by atoms with Gasteiger partial charge in [0, 0.05) is 6.54 Å². The number of nitrogens with one attached hydrogen (secondary N) is 3. The standard InChI is InChI=1S/C23H26F3N5O.HI/c1-2-27-22(30-14-21-28-13-20(31-21)19-6-4-3-5-7-19)29-12-17-8-10-18(11-9-17)15-32-16-23(24,25)26;/h3-11,13H,2,12,14-16H2,1H3,(H,28,31)(H2,27,29,30);1H. The molecule has 6 nitrogen and oxygen atoms in total. The summed E-state index contributed by atoms with van der Waals surface area (Å²) in [6.45, 7) is 2.25. The highest BCUT2D eigenvalue weighted by Gasteiger charge is 2.27. The van der Waals surface area contributed by atoms with Gasteiger partial charge < -0.3 is 20.4 Å². The molecule has 0 atom stereocenters. The van der Waals surface area contributed by atoms with Crippen LogP contribution in [0.2, 0.25) is 0 Å². The summed E-state index contributed by atoms with van der Waals surface area (Å²) < 4.78 is 41.1. The van der Waals surface area contributed by atoms with Gasteiger partial charge in [-0.05, 0) is 23.6 Å². The molecule has 0 saturated carbocycles. The Morgan fingerprint density at radius 3 is 2.39 bits per heavy atom. The summed E-state index contributed by atoms with van der Waals surface area (Å²) in [4.78, 5) is 12.3. The van der Waals surface area contributed by atoms with Gasteiger partial charge in [0.25, 0.3) is 0 Å². The van der Waals surface area contributed by atoms with E-state index in [1.807, 2.05) is 49.4 Å². The molecule has 2 aromatic carbocycles. The van der Waals surface area contributed by atoms with Gasteiger partial charge in [-0.3, -0.25) is 0 Å². The largest absolute Gasteiger partial charge is 0.411 e. The van der Waals surface area contributed by atoms with Crippen molar-refractivity contribution in [1.82, 2.24) is 20.6 Å². The van der Waals surface area contributed by atoms with E-state index in [-0.39, 0.29) is 30.6 Å². The highest BCUT2D eigenvalue weighted by atomic mass is 127. The number of nitrogens with zero attached hydrogens (tertiary/aromatic N) is 2. The van der Waals surface area contributed by atoms with Crippen LogP contribution < -0.4 is 10.6 Å². The summed E-state index contributed by atoms with van der Waals surface area (Å²) >= 11 is 0. The molecular formula is C23H27F3IN5O. The molecule has 3 aromatic rings. The number of ether oxygens (including phenoxy) is 1. The van der Waals surface area contributed by atoms with Crippen molar-refractivity contribution in [3.8, 4) is 11.3 Å². The first-order chi connectivity index (χ1) is 15.4. The quantitative estimate of drug-likeness (QED) is 0.191. The number of halogens is 4. The first-order valence-corrected chi connectivity index (χ1v) is 10.3. The molecule has 0 unspecified atom stereocenters. The van der Waals surface area contributed by atoms with Crippen molar-refractivity contribution < 1.29 is 17.9 Å². The number of guanidine groups is 1. The topological polar surface area (TPSA) is 74.3 Å². The number of aromatic nitrogens is 2. The van der Waals surface area contributed by atoms with Crippen LogP contribution >= 0.6 is 24.0 Å². The lowest BCUT2D eigenvalue weighted by molar-refractivity contribution is -0.176. The third-order valence-electron chi connectivity index (χ3n) is 4.46. The third kappa shape index (κ3) is 9.42. The van der Waals surface area contributed by atoms with Crippen LogP contribution in [0.5, 0.6) is 0 Å². The Bertz CT molecular complexity index is 991. The van der Waals surface area contributed by atoms with Crippen molar-refractivity contribution in [2.75, 3.05) is 13.2 Å². The van der Waals surface area contributed by atoms with Crippen LogP contribution in [0.4, 0.5) is 13.2 Å². The van der Waals surface area contributed by atoms with E-state index in [4.69, 9.17) is 0 Å². The molecule has 33 heavy (non-hydrogen) atoms. The Morgan fingerprint density at radius 1 is 1.03 bits per heavy atom. The molecule has 0 aliphatic rings. The van der Waals surface area contributed by atoms with E-state index < -0.39 is 12.8 Å². The smallest absolute Gasteiger partial charge is 0.367 e. The number of hydrogen-bond acceptors (Lipinski definition) is 3. The average Bonchev–Trinajstić information content (AvgIpc) is 3.25. The molecule has 0 fully saturated rings. The minimum atomic E-state index is -4.32. The molecule has 3 N–H and O–H groups in total. The Morgan fingerprint density at radius 2 is 1.73 bits per heavy atom. The van der Waals surface area contributed by atoms with E-state index in [1.54, 1.807) is 18.3 Å². The number of aromatic amines is 1. The lowest BCUT2D eigenvalue weighted by Gasteiger charge is -2.10. The second-order valence-corrected chi connectivity index (χ2v) is 7.08. The van der Waals surface area contributed by atoms with Crippen molar-refractivity contribution in [2.24, 2.45) is 4.99 Å². The molecule has 0 amide bonds. The predicted octanol–water partition coefficient (Wildman–Crippen LogP) is 5.03. The highest BCUT2D eigenvalue weighted by Crippen LogP contribution is 2.17. The zero-order valence-corrected chi connectivity index (χ0v) is 20.5. The highest BCUT2D eigenvalue weighted by molar-refractivity contribution is 14.0. The van der Waals surface area contributed by atoms with Gasteiger partial charge >= 0.3 is 6.18 Å². The van der Waals surface area contributed by atoms with E-state index in [0.717, 1.165) is 22.6 Å². The van der Waals surface area contributed by atoms with Gasteiger partial charge in [-0.1, -0.05) is 54.6 Å². The molecule has 178 valence electrons. The number of benzene rings is 2. The summed E-state index contributed by atoms with van der Waals surface area (Å²) in [7, 11) is 0. The van der Waals surface area contributed by atoms with Crippen LogP contribution in [0, 0.1) is 0 Å². The molecule has 0 radical (unpaired) electrons. The van der Waals surface area contributed by atoms with Gasteiger partial charge in [-0.2, -0.15) is 13.2 Å². The molecule has 10 heteroatoms. The fourth-order valence-electron chi connectivity index (χ4n) is 2.92. The molecule has 1 aromatic heterocycles. The molecule has 0 aliphatic carbocycles. The lowest BCUT2D eigenvalue weighted by Crippen LogP contribution is -2.37. The van der Waals surface area contributed by atoms with Crippen LogP contribution in [0.3, 0.4) is 0 Å². The van der Waals surface area contributed by atoms with Crippen molar-refractivity contribution in [3.05, 3.63) is 77.7 Å². The van der Waals surface area contributed by atoms with Crippen LogP contribution in [-0.2, 0) is 24.4 Å². The normalized spacial score (nSPS) is 11.7. The number of rotatable bonds is 9. The average molecular weight is 573 g/mol. The first-order valence-electron chi connectivity index (χ1n) is 10.3. The monoisotopic (exact) mass is 573 g/mol. The van der Waals surface area contributed by atoms with Crippen molar-refractivity contribution in [2.45, 2.75) is 32.8 Å². The SMILES string of the molecule is CCNC(=NCc1ccc(COCC(F)(F)F)cc1)NCc1ncc(-c2ccccc2)[nH]1.I. The zero-order chi connectivity index (χ0) is 22.8. The maximum Gasteiger partial charge on any atom is 0.411 e. The van der Waals surface area contributed by atoms with Crippen molar-refractivity contribution in [3.63, 3.8) is 0 Å². The predicted molar refractivity (Wildman–Crippen MR) is 133 cm³/mol. The number of hydrogen-bond donors (Lipinski definition) is 3. The van der Waals surface area contributed by atoms with Crippen molar-refractivity contribution in [1.29, 1.82) is 0 Å². The minimum Gasteiger partial charge on any atom is -0.367 e. The zero-order valence-electron chi connectivity index (χ0n) is 18.2. The molecule has 0 saturated heterocycles. The second-order valence-electron chi connectivity index (χ2n) is 7.08. The van der Waals surface area contributed by atoms with E-state index in [0.29, 0.717) is 31.2 Å². The second kappa shape index (κ2) is 13.2.